The Labute approximate surface area is 130 Å². The molecule has 1 aromatic rings. The number of carbonyl (C=O) groups excluding carboxylic acids is 2. The molecule has 0 spiro atoms. The fraction of sp³-hybridized carbons (Fsp3) is 0.500. The van der Waals surface area contributed by atoms with Gasteiger partial charge in [0.1, 0.15) is 0 Å². The fourth-order valence-corrected chi connectivity index (χ4v) is 2.40. The van der Waals surface area contributed by atoms with Crippen molar-refractivity contribution in [2.24, 2.45) is 0 Å². The van der Waals surface area contributed by atoms with Crippen molar-refractivity contribution in [1.82, 2.24) is 10.2 Å². The van der Waals surface area contributed by atoms with E-state index in [1.54, 1.807) is 13.2 Å². The number of ether oxygens (including phenoxy) is 1. The van der Waals surface area contributed by atoms with Crippen LogP contribution in [0.4, 0.5) is 5.69 Å². The second kappa shape index (κ2) is 8.38. The Balaban J connectivity index is 1.85. The predicted molar refractivity (Wildman–Crippen MR) is 85.0 cm³/mol. The number of anilines is 1. The first-order valence-electron chi connectivity index (χ1n) is 7.59. The summed E-state index contributed by atoms with van der Waals surface area (Å²) in [6.07, 6.45) is 2.15. The molecule has 1 aromatic carbocycles. The highest BCUT2D eigenvalue weighted by molar-refractivity contribution is 5.95. The highest BCUT2D eigenvalue weighted by atomic mass is 16.5. The van der Waals surface area contributed by atoms with Crippen LogP contribution in [0.2, 0.25) is 0 Å². The number of amides is 2. The lowest BCUT2D eigenvalue weighted by Gasteiger charge is -2.16. The van der Waals surface area contributed by atoms with Crippen LogP contribution < -0.4 is 10.6 Å². The maximum atomic E-state index is 12.3. The molecule has 0 atom stereocenters. The smallest absolute Gasteiger partial charge is 0.253 e. The van der Waals surface area contributed by atoms with Crippen LogP contribution in [0.25, 0.3) is 0 Å². The number of nitrogens with one attached hydrogen (secondary N) is 2. The molecule has 120 valence electrons. The van der Waals surface area contributed by atoms with Gasteiger partial charge in [0.05, 0.1) is 13.2 Å². The molecule has 2 rings (SSSR count). The summed E-state index contributed by atoms with van der Waals surface area (Å²) in [6.45, 7) is 2.82. The van der Waals surface area contributed by atoms with Crippen LogP contribution in [0.5, 0.6) is 0 Å². The monoisotopic (exact) mass is 305 g/mol. The Morgan fingerprint density at radius 1 is 1.27 bits per heavy atom. The number of hydrogen-bond donors (Lipinski definition) is 2. The maximum absolute atomic E-state index is 12.3. The standard InChI is InChI=1S/C16H23N3O3/c1-22-10-7-17-15(20)12-18-14-6-4-5-13(11-14)16(21)19-8-2-3-9-19/h4-6,11,18H,2-3,7-10,12H2,1H3,(H,17,20). The van der Waals surface area contributed by atoms with E-state index in [4.69, 9.17) is 4.74 Å². The SMILES string of the molecule is COCCNC(=O)CNc1cccc(C(=O)N2CCCC2)c1. The highest BCUT2D eigenvalue weighted by Gasteiger charge is 2.19. The van der Waals surface area contributed by atoms with E-state index in [1.807, 2.05) is 23.1 Å². The first kappa shape index (κ1) is 16.3. The number of methoxy groups -OCH3 is 1. The molecule has 0 saturated carbocycles. The topological polar surface area (TPSA) is 70.7 Å². The molecule has 0 aromatic heterocycles. The van der Waals surface area contributed by atoms with E-state index in [0.29, 0.717) is 18.7 Å². The van der Waals surface area contributed by atoms with E-state index in [2.05, 4.69) is 10.6 Å². The molecule has 1 aliphatic rings. The van der Waals surface area contributed by atoms with Gasteiger partial charge in [-0.15, -0.1) is 0 Å². The molecular formula is C16H23N3O3. The zero-order valence-corrected chi connectivity index (χ0v) is 12.9. The largest absolute Gasteiger partial charge is 0.383 e. The fourth-order valence-electron chi connectivity index (χ4n) is 2.40. The van der Waals surface area contributed by atoms with Crippen molar-refractivity contribution in [2.45, 2.75) is 12.8 Å². The molecule has 0 bridgehead atoms. The van der Waals surface area contributed by atoms with Crippen molar-refractivity contribution in [1.29, 1.82) is 0 Å². The van der Waals surface area contributed by atoms with Gasteiger partial charge in [-0.2, -0.15) is 0 Å². The van der Waals surface area contributed by atoms with E-state index in [-0.39, 0.29) is 18.4 Å². The molecule has 1 aliphatic heterocycles. The minimum absolute atomic E-state index is 0.0608. The van der Waals surface area contributed by atoms with Crippen LogP contribution in [-0.2, 0) is 9.53 Å². The number of carbonyl (C=O) groups is 2. The van der Waals surface area contributed by atoms with Crippen LogP contribution in [0, 0.1) is 0 Å². The molecule has 1 fully saturated rings. The number of nitrogens with zero attached hydrogens (tertiary/aromatic N) is 1. The van der Waals surface area contributed by atoms with Crippen molar-refractivity contribution in [3.63, 3.8) is 0 Å². The molecule has 6 heteroatoms. The molecular weight excluding hydrogens is 282 g/mol. The average molecular weight is 305 g/mol. The first-order valence-corrected chi connectivity index (χ1v) is 7.59. The van der Waals surface area contributed by atoms with Crippen LogP contribution in [0.15, 0.2) is 24.3 Å². The van der Waals surface area contributed by atoms with Gasteiger partial charge in [0.25, 0.3) is 5.91 Å². The molecule has 22 heavy (non-hydrogen) atoms. The summed E-state index contributed by atoms with van der Waals surface area (Å²) < 4.78 is 4.87. The van der Waals surface area contributed by atoms with Crippen molar-refractivity contribution < 1.29 is 14.3 Å². The third kappa shape index (κ3) is 4.73. The van der Waals surface area contributed by atoms with Gasteiger partial charge in [0.2, 0.25) is 5.91 Å². The van der Waals surface area contributed by atoms with Crippen LogP contribution in [0.1, 0.15) is 23.2 Å². The minimum atomic E-state index is -0.103. The van der Waals surface area contributed by atoms with E-state index in [0.717, 1.165) is 31.6 Å². The molecule has 6 nitrogen and oxygen atoms in total. The summed E-state index contributed by atoms with van der Waals surface area (Å²) >= 11 is 0. The average Bonchev–Trinajstić information content (AvgIpc) is 3.07. The van der Waals surface area contributed by atoms with Gasteiger partial charge in [-0.05, 0) is 31.0 Å². The normalized spacial score (nSPS) is 14.0. The number of benzene rings is 1. The summed E-state index contributed by atoms with van der Waals surface area (Å²) in [4.78, 5) is 25.8. The molecule has 2 N–H and O–H groups in total. The first-order chi connectivity index (χ1) is 10.7. The van der Waals surface area contributed by atoms with Gasteiger partial charge in [0, 0.05) is 38.0 Å². The molecule has 2 amide bonds. The number of hydrogen-bond acceptors (Lipinski definition) is 4. The van der Waals surface area contributed by atoms with Crippen molar-refractivity contribution in [2.75, 3.05) is 45.2 Å². The van der Waals surface area contributed by atoms with Crippen molar-refractivity contribution >= 4 is 17.5 Å². The van der Waals surface area contributed by atoms with Crippen LogP contribution >= 0.6 is 0 Å². The quantitative estimate of drug-likeness (QED) is 0.740. The second-order valence-electron chi connectivity index (χ2n) is 5.28. The lowest BCUT2D eigenvalue weighted by molar-refractivity contribution is -0.119. The van der Waals surface area contributed by atoms with E-state index < -0.39 is 0 Å². The molecule has 1 saturated heterocycles. The van der Waals surface area contributed by atoms with E-state index in [9.17, 15) is 9.59 Å². The Kier molecular flexibility index (Phi) is 6.21. The third-order valence-corrected chi connectivity index (χ3v) is 3.58. The van der Waals surface area contributed by atoms with Gasteiger partial charge in [-0.3, -0.25) is 9.59 Å². The number of rotatable bonds is 7. The molecule has 0 radical (unpaired) electrons. The van der Waals surface area contributed by atoms with Gasteiger partial charge < -0.3 is 20.3 Å². The summed E-state index contributed by atoms with van der Waals surface area (Å²) in [5.74, 6) is -0.0426. The molecule has 0 aliphatic carbocycles. The van der Waals surface area contributed by atoms with Gasteiger partial charge in [0.15, 0.2) is 0 Å². The van der Waals surface area contributed by atoms with Crippen LogP contribution in [0.3, 0.4) is 0 Å². The van der Waals surface area contributed by atoms with Crippen molar-refractivity contribution in [3.05, 3.63) is 29.8 Å². The highest BCUT2D eigenvalue weighted by Crippen LogP contribution is 2.16. The van der Waals surface area contributed by atoms with Gasteiger partial charge in [-0.1, -0.05) is 6.07 Å². The van der Waals surface area contributed by atoms with Gasteiger partial charge >= 0.3 is 0 Å². The maximum Gasteiger partial charge on any atom is 0.253 e. The number of likely N-dealkylation sites (tertiary alicyclic amines) is 1. The summed E-state index contributed by atoms with van der Waals surface area (Å²) in [7, 11) is 1.59. The third-order valence-electron chi connectivity index (χ3n) is 3.58. The van der Waals surface area contributed by atoms with E-state index in [1.165, 1.54) is 0 Å². The Bertz CT molecular complexity index is 513. The Morgan fingerprint density at radius 2 is 2.05 bits per heavy atom. The zero-order chi connectivity index (χ0) is 15.8. The molecule has 1 heterocycles. The second-order valence-corrected chi connectivity index (χ2v) is 5.28. The summed E-state index contributed by atoms with van der Waals surface area (Å²) in [5.41, 5.74) is 1.43. The Hall–Kier alpha value is -2.08. The lowest BCUT2D eigenvalue weighted by Crippen LogP contribution is -2.32. The zero-order valence-electron chi connectivity index (χ0n) is 12.9. The van der Waals surface area contributed by atoms with Crippen LogP contribution in [-0.4, -0.2) is 56.6 Å². The lowest BCUT2D eigenvalue weighted by atomic mass is 10.1. The summed E-state index contributed by atoms with van der Waals surface area (Å²) in [5, 5.41) is 5.77. The molecule has 0 unspecified atom stereocenters. The Morgan fingerprint density at radius 3 is 2.77 bits per heavy atom. The minimum Gasteiger partial charge on any atom is -0.383 e. The van der Waals surface area contributed by atoms with Crippen molar-refractivity contribution in [3.8, 4) is 0 Å². The predicted octanol–water partition coefficient (Wildman–Crippen LogP) is 1.10. The van der Waals surface area contributed by atoms with E-state index >= 15 is 0 Å². The van der Waals surface area contributed by atoms with Gasteiger partial charge in [-0.25, -0.2) is 0 Å². The summed E-state index contributed by atoms with van der Waals surface area (Å²) in [6, 6.07) is 7.28.